The molecule has 2 aromatic heterocycles. The average Bonchev–Trinajstić information content (AvgIpc) is 2.75. The van der Waals surface area contributed by atoms with Crippen molar-refractivity contribution in [1.82, 2.24) is 19.9 Å². The fraction of sp³-hybridized carbons (Fsp3) is 0.417. The smallest absolute Gasteiger partial charge is 0.229 e. The van der Waals surface area contributed by atoms with Gasteiger partial charge >= 0.3 is 0 Å². The van der Waals surface area contributed by atoms with E-state index in [-0.39, 0.29) is 5.91 Å². The van der Waals surface area contributed by atoms with Gasteiger partial charge in [-0.25, -0.2) is 0 Å². The van der Waals surface area contributed by atoms with Crippen molar-refractivity contribution in [1.29, 1.82) is 0 Å². The zero-order valence-electron chi connectivity index (χ0n) is 10.2. The highest BCUT2D eigenvalue weighted by Crippen LogP contribution is 2.63. The van der Waals surface area contributed by atoms with E-state index in [1.54, 1.807) is 6.92 Å². The van der Waals surface area contributed by atoms with Crippen molar-refractivity contribution in [2.75, 3.05) is 0 Å². The zero-order valence-corrected chi connectivity index (χ0v) is 11.7. The lowest BCUT2D eigenvalue weighted by molar-refractivity contribution is -0.126. The quantitative estimate of drug-likeness (QED) is 0.881. The molecule has 0 unspecified atom stereocenters. The third-order valence-corrected chi connectivity index (χ3v) is 4.65. The maximum absolute atomic E-state index is 12.0. The molecule has 0 spiro atoms. The number of nitrogens with zero attached hydrogens (tertiary/aromatic N) is 3. The SMILES string of the molecule is C[C@]1(C(=O)NCc2nnc3ccccn23)CC1(Cl)Cl. The fourth-order valence-electron chi connectivity index (χ4n) is 2.01. The first-order valence-electron chi connectivity index (χ1n) is 5.89. The van der Waals surface area contributed by atoms with E-state index in [2.05, 4.69) is 15.5 Å². The molecule has 3 rings (SSSR count). The summed E-state index contributed by atoms with van der Waals surface area (Å²) in [5.41, 5.74) is 0.0322. The molecule has 2 aromatic rings. The van der Waals surface area contributed by atoms with E-state index >= 15 is 0 Å². The van der Waals surface area contributed by atoms with Crippen molar-refractivity contribution in [2.45, 2.75) is 24.2 Å². The molecule has 1 N–H and O–H groups in total. The van der Waals surface area contributed by atoms with Crippen molar-refractivity contribution in [3.8, 4) is 0 Å². The summed E-state index contributed by atoms with van der Waals surface area (Å²) in [6.07, 6.45) is 2.32. The average molecular weight is 299 g/mol. The van der Waals surface area contributed by atoms with E-state index in [0.717, 1.165) is 5.65 Å². The summed E-state index contributed by atoms with van der Waals surface area (Å²) in [6.45, 7) is 2.05. The van der Waals surface area contributed by atoms with Gasteiger partial charge in [-0.2, -0.15) is 0 Å². The number of carbonyl (C=O) groups excluding carboxylic acids is 1. The second-order valence-electron chi connectivity index (χ2n) is 4.94. The first-order valence-corrected chi connectivity index (χ1v) is 6.64. The maximum Gasteiger partial charge on any atom is 0.229 e. The maximum atomic E-state index is 12.0. The number of halogens is 2. The number of hydrogen-bond donors (Lipinski definition) is 1. The Labute approximate surface area is 119 Å². The minimum Gasteiger partial charge on any atom is -0.348 e. The van der Waals surface area contributed by atoms with Crippen LogP contribution in [-0.2, 0) is 11.3 Å². The molecular formula is C12H12Cl2N4O. The van der Waals surface area contributed by atoms with Gasteiger partial charge in [-0.15, -0.1) is 33.4 Å². The van der Waals surface area contributed by atoms with Crippen molar-refractivity contribution in [3.63, 3.8) is 0 Å². The van der Waals surface area contributed by atoms with Crippen LogP contribution in [0.3, 0.4) is 0 Å². The monoisotopic (exact) mass is 298 g/mol. The minimum atomic E-state index is -0.954. The number of pyridine rings is 1. The van der Waals surface area contributed by atoms with Crippen LogP contribution < -0.4 is 5.32 Å². The molecule has 1 aliphatic carbocycles. The van der Waals surface area contributed by atoms with Gasteiger partial charge in [-0.05, 0) is 25.5 Å². The van der Waals surface area contributed by atoms with Crippen LogP contribution in [-0.4, -0.2) is 24.8 Å². The van der Waals surface area contributed by atoms with Crippen molar-refractivity contribution in [3.05, 3.63) is 30.2 Å². The van der Waals surface area contributed by atoms with Crippen molar-refractivity contribution in [2.24, 2.45) is 5.41 Å². The molecule has 0 aliphatic heterocycles. The van der Waals surface area contributed by atoms with E-state index in [9.17, 15) is 4.79 Å². The lowest BCUT2D eigenvalue weighted by Crippen LogP contribution is -2.33. The molecule has 7 heteroatoms. The number of carbonyl (C=O) groups is 1. The van der Waals surface area contributed by atoms with Crippen LogP contribution in [0.2, 0.25) is 0 Å². The van der Waals surface area contributed by atoms with Gasteiger partial charge in [0.25, 0.3) is 0 Å². The summed E-state index contributed by atoms with van der Waals surface area (Å²) in [6, 6.07) is 5.61. The molecule has 5 nitrogen and oxygen atoms in total. The van der Waals surface area contributed by atoms with E-state index in [1.165, 1.54) is 0 Å². The molecule has 1 atom stereocenters. The van der Waals surface area contributed by atoms with Crippen LogP contribution in [0.1, 0.15) is 19.2 Å². The molecule has 0 saturated heterocycles. The third-order valence-electron chi connectivity index (χ3n) is 3.55. The predicted molar refractivity (Wildman–Crippen MR) is 72.0 cm³/mol. The highest BCUT2D eigenvalue weighted by molar-refractivity contribution is 6.53. The van der Waals surface area contributed by atoms with Gasteiger partial charge in [0.15, 0.2) is 11.5 Å². The Bertz CT molecular complexity index is 654. The molecule has 19 heavy (non-hydrogen) atoms. The van der Waals surface area contributed by atoms with Gasteiger partial charge in [-0.3, -0.25) is 9.20 Å². The van der Waals surface area contributed by atoms with Crippen LogP contribution in [0.4, 0.5) is 0 Å². The van der Waals surface area contributed by atoms with E-state index in [1.807, 2.05) is 28.8 Å². The zero-order chi connectivity index (χ0) is 13.7. The summed E-state index contributed by atoms with van der Waals surface area (Å²) in [5.74, 6) is 0.508. The molecule has 1 amide bonds. The fourth-order valence-corrected chi connectivity index (χ4v) is 2.72. The molecule has 1 saturated carbocycles. The topological polar surface area (TPSA) is 59.3 Å². The number of nitrogens with one attached hydrogen (secondary N) is 1. The molecule has 0 bridgehead atoms. The first-order chi connectivity index (χ1) is 8.94. The molecule has 1 aliphatic rings. The number of fused-ring (bicyclic) bond motifs is 1. The Balaban J connectivity index is 1.72. The Kier molecular flexibility index (Phi) is 2.73. The largest absolute Gasteiger partial charge is 0.348 e. The lowest BCUT2D eigenvalue weighted by Gasteiger charge is -2.11. The minimum absolute atomic E-state index is 0.162. The molecule has 0 aromatic carbocycles. The Morgan fingerprint density at radius 3 is 2.89 bits per heavy atom. The molecule has 1 fully saturated rings. The number of alkyl halides is 2. The van der Waals surface area contributed by atoms with E-state index in [0.29, 0.717) is 18.8 Å². The number of hydrogen-bond acceptors (Lipinski definition) is 3. The second-order valence-corrected chi connectivity index (χ2v) is 6.42. The second kappa shape index (κ2) is 4.08. The number of rotatable bonds is 3. The lowest BCUT2D eigenvalue weighted by atomic mass is 10.1. The van der Waals surface area contributed by atoms with Crippen molar-refractivity contribution < 1.29 is 4.79 Å². The van der Waals surface area contributed by atoms with E-state index in [4.69, 9.17) is 23.2 Å². The molecule has 100 valence electrons. The van der Waals surface area contributed by atoms with Crippen LogP contribution in [0.25, 0.3) is 5.65 Å². The highest BCUT2D eigenvalue weighted by atomic mass is 35.5. The summed E-state index contributed by atoms with van der Waals surface area (Å²) < 4.78 is 0.869. The summed E-state index contributed by atoms with van der Waals surface area (Å²) in [4.78, 5) is 12.0. The van der Waals surface area contributed by atoms with Gasteiger partial charge in [-0.1, -0.05) is 6.07 Å². The standard InChI is InChI=1S/C12H12Cl2N4O/c1-11(7-12(11,13)14)10(19)15-6-9-17-16-8-4-2-3-5-18(8)9/h2-5H,6-7H2,1H3,(H,15,19)/t11-/m1/s1. The summed E-state index contributed by atoms with van der Waals surface area (Å²) in [7, 11) is 0. The number of amides is 1. The number of aromatic nitrogens is 3. The van der Waals surface area contributed by atoms with Gasteiger partial charge in [0.1, 0.15) is 4.33 Å². The van der Waals surface area contributed by atoms with Gasteiger partial charge < -0.3 is 5.32 Å². The predicted octanol–water partition coefficient (Wildman–Crippen LogP) is 1.93. The Hall–Kier alpha value is -1.33. The normalized spacial score (nSPS) is 24.4. The molecule has 0 radical (unpaired) electrons. The highest BCUT2D eigenvalue weighted by Gasteiger charge is 2.67. The molecular weight excluding hydrogens is 287 g/mol. The summed E-state index contributed by atoms with van der Waals surface area (Å²) in [5, 5.41) is 10.9. The Morgan fingerprint density at radius 1 is 1.47 bits per heavy atom. The Morgan fingerprint density at radius 2 is 2.21 bits per heavy atom. The van der Waals surface area contributed by atoms with Crippen LogP contribution in [0.15, 0.2) is 24.4 Å². The van der Waals surface area contributed by atoms with Gasteiger partial charge in [0.05, 0.1) is 12.0 Å². The van der Waals surface area contributed by atoms with Gasteiger partial charge in [0, 0.05) is 6.20 Å². The first kappa shape index (κ1) is 12.7. The van der Waals surface area contributed by atoms with E-state index < -0.39 is 9.75 Å². The van der Waals surface area contributed by atoms with Crippen molar-refractivity contribution >= 4 is 34.8 Å². The van der Waals surface area contributed by atoms with Gasteiger partial charge in [0.2, 0.25) is 5.91 Å². The molecule has 2 heterocycles. The summed E-state index contributed by atoms with van der Waals surface area (Å²) >= 11 is 11.9. The van der Waals surface area contributed by atoms with Crippen LogP contribution in [0, 0.1) is 5.41 Å². The van der Waals surface area contributed by atoms with Crippen LogP contribution >= 0.6 is 23.2 Å². The third kappa shape index (κ3) is 1.97. The van der Waals surface area contributed by atoms with Crippen LogP contribution in [0.5, 0.6) is 0 Å².